The number of aromatic nitrogens is 1. The third kappa shape index (κ3) is 3.50. The highest BCUT2D eigenvalue weighted by Crippen LogP contribution is 2.33. The summed E-state index contributed by atoms with van der Waals surface area (Å²) in [4.78, 5) is 7.37. The normalized spacial score (nSPS) is 17.2. The molecule has 0 spiro atoms. The zero-order valence-electron chi connectivity index (χ0n) is 15.7. The average molecular weight is 345 g/mol. The summed E-state index contributed by atoms with van der Waals surface area (Å²) in [5, 5.41) is 4.75. The summed E-state index contributed by atoms with van der Waals surface area (Å²) in [6, 6.07) is 17.8. The molecular formula is C23H27N3. The van der Waals surface area contributed by atoms with Gasteiger partial charge in [0.1, 0.15) is 0 Å². The van der Waals surface area contributed by atoms with Gasteiger partial charge in [0.25, 0.3) is 0 Å². The lowest BCUT2D eigenvalue weighted by Gasteiger charge is -2.32. The first-order valence-corrected chi connectivity index (χ1v) is 9.59. The number of rotatable bonds is 3. The number of aryl methyl sites for hydroxylation is 2. The van der Waals surface area contributed by atoms with Crippen molar-refractivity contribution in [2.24, 2.45) is 0 Å². The number of pyridine rings is 1. The molecule has 3 nitrogen and oxygen atoms in total. The Kier molecular flexibility index (Phi) is 5.00. The van der Waals surface area contributed by atoms with Crippen molar-refractivity contribution in [3.8, 4) is 0 Å². The number of nitrogens with zero attached hydrogens (tertiary/aromatic N) is 2. The second-order valence-electron chi connectivity index (χ2n) is 7.36. The number of hydrogen-bond acceptors (Lipinski definition) is 3. The van der Waals surface area contributed by atoms with E-state index in [2.05, 4.69) is 78.8 Å². The van der Waals surface area contributed by atoms with E-state index < -0.39 is 0 Å². The van der Waals surface area contributed by atoms with E-state index in [0.29, 0.717) is 0 Å². The quantitative estimate of drug-likeness (QED) is 0.770. The zero-order valence-corrected chi connectivity index (χ0v) is 15.7. The second-order valence-corrected chi connectivity index (χ2v) is 7.36. The molecule has 1 N–H and O–H groups in total. The van der Waals surface area contributed by atoms with Crippen molar-refractivity contribution in [2.45, 2.75) is 26.3 Å². The highest BCUT2D eigenvalue weighted by Gasteiger charge is 2.25. The van der Waals surface area contributed by atoms with Crippen molar-refractivity contribution in [3.63, 3.8) is 0 Å². The zero-order chi connectivity index (χ0) is 17.9. The first kappa shape index (κ1) is 17.2. The number of nitrogens with one attached hydrogen (secondary N) is 1. The van der Waals surface area contributed by atoms with Gasteiger partial charge in [0.05, 0.1) is 11.6 Å². The van der Waals surface area contributed by atoms with Crippen molar-refractivity contribution >= 4 is 10.9 Å². The summed E-state index contributed by atoms with van der Waals surface area (Å²) in [6.07, 6.45) is 3.26. The van der Waals surface area contributed by atoms with Crippen molar-refractivity contribution in [1.82, 2.24) is 15.2 Å². The van der Waals surface area contributed by atoms with Crippen molar-refractivity contribution in [2.75, 3.05) is 26.2 Å². The lowest BCUT2D eigenvalue weighted by atomic mass is 9.92. The molecule has 0 amide bonds. The average Bonchev–Trinajstić information content (AvgIpc) is 2.94. The van der Waals surface area contributed by atoms with Crippen LogP contribution in [0.4, 0.5) is 0 Å². The summed E-state index contributed by atoms with van der Waals surface area (Å²) in [5.41, 5.74) is 6.43. The molecule has 4 rings (SSSR count). The monoisotopic (exact) mass is 345 g/mol. The van der Waals surface area contributed by atoms with E-state index in [4.69, 9.17) is 4.98 Å². The third-order valence-corrected chi connectivity index (χ3v) is 5.40. The summed E-state index contributed by atoms with van der Waals surface area (Å²) >= 11 is 0. The van der Waals surface area contributed by atoms with Gasteiger partial charge in [-0.05, 0) is 55.6 Å². The van der Waals surface area contributed by atoms with Gasteiger partial charge in [-0.15, -0.1) is 0 Å². The molecule has 1 fully saturated rings. The Morgan fingerprint density at radius 2 is 1.88 bits per heavy atom. The largest absolute Gasteiger partial charge is 0.315 e. The number of para-hydroxylation sites is 1. The van der Waals surface area contributed by atoms with Crippen molar-refractivity contribution in [1.29, 1.82) is 0 Å². The third-order valence-electron chi connectivity index (χ3n) is 5.40. The van der Waals surface area contributed by atoms with Crippen LogP contribution in [0.2, 0.25) is 0 Å². The highest BCUT2D eigenvalue weighted by atomic mass is 15.2. The van der Waals surface area contributed by atoms with Crippen LogP contribution in [0.5, 0.6) is 0 Å². The fraction of sp³-hybridized carbons (Fsp3) is 0.348. The smallest absolute Gasteiger partial charge is 0.0702 e. The number of hydrogen-bond donors (Lipinski definition) is 1. The van der Waals surface area contributed by atoms with Gasteiger partial charge >= 0.3 is 0 Å². The molecule has 1 aliphatic heterocycles. The lowest BCUT2D eigenvalue weighted by Crippen LogP contribution is -2.33. The topological polar surface area (TPSA) is 28.2 Å². The van der Waals surface area contributed by atoms with Gasteiger partial charge in [0.15, 0.2) is 0 Å². The Morgan fingerprint density at radius 1 is 1.00 bits per heavy atom. The molecular weight excluding hydrogens is 318 g/mol. The van der Waals surface area contributed by atoms with Gasteiger partial charge in [-0.3, -0.25) is 9.88 Å². The minimum atomic E-state index is 0.256. The molecule has 3 heteroatoms. The highest BCUT2D eigenvalue weighted by molar-refractivity contribution is 5.79. The van der Waals surface area contributed by atoms with E-state index in [1.54, 1.807) is 0 Å². The molecule has 134 valence electrons. The Morgan fingerprint density at radius 3 is 2.81 bits per heavy atom. The molecule has 26 heavy (non-hydrogen) atoms. The van der Waals surface area contributed by atoms with Gasteiger partial charge < -0.3 is 5.32 Å². The van der Waals surface area contributed by atoms with E-state index in [1.807, 2.05) is 0 Å². The maximum Gasteiger partial charge on any atom is 0.0702 e. The van der Waals surface area contributed by atoms with Gasteiger partial charge in [-0.2, -0.15) is 0 Å². The first-order valence-electron chi connectivity index (χ1n) is 9.59. The Balaban J connectivity index is 1.84. The predicted molar refractivity (Wildman–Crippen MR) is 109 cm³/mol. The van der Waals surface area contributed by atoms with E-state index in [1.165, 1.54) is 34.1 Å². The molecule has 2 aromatic carbocycles. The van der Waals surface area contributed by atoms with Crippen LogP contribution < -0.4 is 5.32 Å². The van der Waals surface area contributed by atoms with Gasteiger partial charge in [-0.25, -0.2) is 0 Å². The van der Waals surface area contributed by atoms with Crippen LogP contribution in [0, 0.1) is 13.8 Å². The summed E-state index contributed by atoms with van der Waals surface area (Å²) < 4.78 is 0. The van der Waals surface area contributed by atoms with E-state index >= 15 is 0 Å². The SMILES string of the molecule is Cc1ccc(C)c(C(c2cnc3ccccc3c2)N2CCCNCC2)c1. The standard InChI is InChI=1S/C23H27N3/c1-17-8-9-18(2)21(14-17)23(26-12-5-10-24-11-13-26)20-15-19-6-3-4-7-22(19)25-16-20/h3-4,6-9,14-16,23-24H,5,10-13H2,1-2H3. The van der Waals surface area contributed by atoms with Crippen LogP contribution >= 0.6 is 0 Å². The maximum absolute atomic E-state index is 4.76. The van der Waals surface area contributed by atoms with Crippen molar-refractivity contribution < 1.29 is 0 Å². The molecule has 0 aliphatic carbocycles. The van der Waals surface area contributed by atoms with Gasteiger partial charge in [0, 0.05) is 31.2 Å². The molecule has 0 saturated carbocycles. The first-order chi connectivity index (χ1) is 12.7. The van der Waals surface area contributed by atoms with Crippen LogP contribution in [0.1, 0.15) is 34.7 Å². The van der Waals surface area contributed by atoms with Crippen molar-refractivity contribution in [3.05, 3.63) is 77.0 Å². The van der Waals surface area contributed by atoms with Gasteiger partial charge in [-0.1, -0.05) is 42.0 Å². The van der Waals surface area contributed by atoms with E-state index in [9.17, 15) is 0 Å². The minimum Gasteiger partial charge on any atom is -0.315 e. The number of fused-ring (bicyclic) bond motifs is 1. The second kappa shape index (κ2) is 7.56. The Labute approximate surface area is 156 Å². The summed E-state index contributed by atoms with van der Waals surface area (Å²) in [6.45, 7) is 8.73. The van der Waals surface area contributed by atoms with Gasteiger partial charge in [0.2, 0.25) is 0 Å². The van der Waals surface area contributed by atoms with E-state index in [0.717, 1.165) is 31.7 Å². The van der Waals surface area contributed by atoms with Crippen LogP contribution in [0.15, 0.2) is 54.7 Å². The molecule has 0 bridgehead atoms. The van der Waals surface area contributed by atoms with Crippen LogP contribution in [0.25, 0.3) is 10.9 Å². The Bertz CT molecular complexity index is 895. The maximum atomic E-state index is 4.76. The van der Waals surface area contributed by atoms with Crippen LogP contribution in [-0.2, 0) is 0 Å². The molecule has 1 atom stereocenters. The van der Waals surface area contributed by atoms with E-state index in [-0.39, 0.29) is 6.04 Å². The molecule has 3 aromatic rings. The Hall–Kier alpha value is -2.23. The summed E-state index contributed by atoms with van der Waals surface area (Å²) in [5.74, 6) is 0. The molecule has 1 aromatic heterocycles. The summed E-state index contributed by atoms with van der Waals surface area (Å²) in [7, 11) is 0. The predicted octanol–water partition coefficient (Wildman–Crippen LogP) is 4.24. The number of benzene rings is 2. The fourth-order valence-corrected chi connectivity index (χ4v) is 4.00. The molecule has 1 unspecified atom stereocenters. The molecule has 1 aliphatic rings. The lowest BCUT2D eigenvalue weighted by molar-refractivity contribution is 0.240. The fourth-order valence-electron chi connectivity index (χ4n) is 4.00. The van der Waals surface area contributed by atoms with Crippen LogP contribution in [-0.4, -0.2) is 36.1 Å². The van der Waals surface area contributed by atoms with Crippen LogP contribution in [0.3, 0.4) is 0 Å². The molecule has 0 radical (unpaired) electrons. The molecule has 2 heterocycles. The molecule has 1 saturated heterocycles. The minimum absolute atomic E-state index is 0.256.